The van der Waals surface area contributed by atoms with Crippen LogP contribution in [-0.4, -0.2) is 43.7 Å². The fourth-order valence-corrected chi connectivity index (χ4v) is 2.67. The molecule has 1 fully saturated rings. The van der Waals surface area contributed by atoms with Gasteiger partial charge < -0.3 is 15.4 Å². The van der Waals surface area contributed by atoms with E-state index in [2.05, 4.69) is 0 Å². The van der Waals surface area contributed by atoms with E-state index in [1.807, 2.05) is 25.8 Å². The summed E-state index contributed by atoms with van der Waals surface area (Å²) in [6, 6.07) is 0.236. The summed E-state index contributed by atoms with van der Waals surface area (Å²) >= 11 is 0. The largest absolute Gasteiger partial charge is 0.381 e. The minimum Gasteiger partial charge on any atom is -0.381 e. The molecule has 1 saturated heterocycles. The standard InChI is InChI=1S/C15H30N2O2/c1-12(6-4-7-13(2)16)15(18)17(3)10-14-8-5-9-19-11-14/h12-14H,4-11,16H2,1-3H3. The monoisotopic (exact) mass is 270 g/mol. The number of carbonyl (C=O) groups is 1. The third-order valence-corrected chi connectivity index (χ3v) is 3.88. The molecule has 0 aromatic heterocycles. The third kappa shape index (κ3) is 6.39. The highest BCUT2D eigenvalue weighted by Gasteiger charge is 2.22. The van der Waals surface area contributed by atoms with Crippen LogP contribution in [0.3, 0.4) is 0 Å². The first-order chi connectivity index (χ1) is 9.00. The molecule has 4 heteroatoms. The van der Waals surface area contributed by atoms with Crippen LogP contribution in [-0.2, 0) is 9.53 Å². The molecule has 0 aromatic carbocycles. The van der Waals surface area contributed by atoms with Gasteiger partial charge in [-0.2, -0.15) is 0 Å². The summed E-state index contributed by atoms with van der Waals surface area (Å²) in [4.78, 5) is 14.1. The fraction of sp³-hybridized carbons (Fsp3) is 0.933. The van der Waals surface area contributed by atoms with Crippen LogP contribution in [0, 0.1) is 11.8 Å². The molecule has 1 aliphatic rings. The third-order valence-electron chi connectivity index (χ3n) is 3.88. The van der Waals surface area contributed by atoms with E-state index in [9.17, 15) is 4.79 Å². The van der Waals surface area contributed by atoms with Gasteiger partial charge in [-0.05, 0) is 38.5 Å². The Balaban J connectivity index is 2.25. The van der Waals surface area contributed by atoms with E-state index in [0.717, 1.165) is 45.4 Å². The summed E-state index contributed by atoms with van der Waals surface area (Å²) in [6.45, 7) is 6.55. The molecule has 1 rings (SSSR count). The smallest absolute Gasteiger partial charge is 0.225 e. The molecule has 3 atom stereocenters. The van der Waals surface area contributed by atoms with Gasteiger partial charge >= 0.3 is 0 Å². The maximum atomic E-state index is 12.2. The zero-order valence-corrected chi connectivity index (χ0v) is 12.7. The molecule has 112 valence electrons. The lowest BCUT2D eigenvalue weighted by molar-refractivity contribution is -0.135. The first-order valence-electron chi connectivity index (χ1n) is 7.59. The Morgan fingerprint density at radius 1 is 1.42 bits per heavy atom. The first-order valence-corrected chi connectivity index (χ1v) is 7.59. The maximum absolute atomic E-state index is 12.2. The molecule has 4 nitrogen and oxygen atoms in total. The molecular weight excluding hydrogens is 240 g/mol. The molecule has 2 N–H and O–H groups in total. The number of amides is 1. The molecule has 19 heavy (non-hydrogen) atoms. The van der Waals surface area contributed by atoms with Crippen molar-refractivity contribution in [3.8, 4) is 0 Å². The van der Waals surface area contributed by atoms with Crippen molar-refractivity contribution < 1.29 is 9.53 Å². The topological polar surface area (TPSA) is 55.6 Å². The lowest BCUT2D eigenvalue weighted by Crippen LogP contribution is -2.37. The van der Waals surface area contributed by atoms with Crippen LogP contribution in [0.25, 0.3) is 0 Å². The highest BCUT2D eigenvalue weighted by molar-refractivity contribution is 5.78. The highest BCUT2D eigenvalue weighted by Crippen LogP contribution is 2.17. The van der Waals surface area contributed by atoms with Gasteiger partial charge in [0.1, 0.15) is 0 Å². The molecule has 0 bridgehead atoms. The van der Waals surface area contributed by atoms with E-state index in [4.69, 9.17) is 10.5 Å². The normalized spacial score (nSPS) is 22.8. The van der Waals surface area contributed by atoms with E-state index in [1.165, 1.54) is 6.42 Å². The molecular formula is C15H30N2O2. The number of rotatable bonds is 7. The molecule has 3 unspecified atom stereocenters. The van der Waals surface area contributed by atoms with Crippen LogP contribution < -0.4 is 5.73 Å². The molecule has 1 amide bonds. The molecule has 0 saturated carbocycles. The summed E-state index contributed by atoms with van der Waals surface area (Å²) in [5, 5.41) is 0. The minimum absolute atomic E-state index is 0.105. The van der Waals surface area contributed by atoms with Crippen molar-refractivity contribution >= 4 is 5.91 Å². The number of hydrogen-bond donors (Lipinski definition) is 1. The van der Waals surface area contributed by atoms with Crippen molar-refractivity contribution in [1.29, 1.82) is 0 Å². The van der Waals surface area contributed by atoms with Gasteiger partial charge in [0.05, 0.1) is 6.61 Å². The Labute approximate surface area is 117 Å². The van der Waals surface area contributed by atoms with Crippen molar-refractivity contribution in [3.05, 3.63) is 0 Å². The summed E-state index contributed by atoms with van der Waals surface area (Å²) < 4.78 is 5.46. The van der Waals surface area contributed by atoms with Gasteiger partial charge in [0.15, 0.2) is 0 Å². The van der Waals surface area contributed by atoms with Gasteiger partial charge in [-0.15, -0.1) is 0 Å². The number of carbonyl (C=O) groups excluding carboxylic acids is 1. The van der Waals surface area contributed by atoms with Crippen molar-refractivity contribution in [1.82, 2.24) is 4.90 Å². The summed E-state index contributed by atoms with van der Waals surface area (Å²) in [5.41, 5.74) is 5.73. The van der Waals surface area contributed by atoms with Crippen LogP contribution in [0.5, 0.6) is 0 Å². The Hall–Kier alpha value is -0.610. The van der Waals surface area contributed by atoms with Gasteiger partial charge in [-0.25, -0.2) is 0 Å². The first kappa shape index (κ1) is 16.4. The summed E-state index contributed by atoms with van der Waals surface area (Å²) in [7, 11) is 1.92. The molecule has 0 spiro atoms. The van der Waals surface area contributed by atoms with Crippen LogP contribution in [0.1, 0.15) is 46.0 Å². The highest BCUT2D eigenvalue weighted by atomic mass is 16.5. The van der Waals surface area contributed by atoms with Crippen molar-refractivity contribution in [3.63, 3.8) is 0 Å². The number of nitrogens with two attached hydrogens (primary N) is 1. The van der Waals surface area contributed by atoms with Gasteiger partial charge in [0, 0.05) is 32.2 Å². The second-order valence-electron chi connectivity index (χ2n) is 6.11. The zero-order valence-electron chi connectivity index (χ0n) is 12.7. The Bertz CT molecular complexity index is 263. The van der Waals surface area contributed by atoms with Crippen LogP contribution >= 0.6 is 0 Å². The predicted molar refractivity (Wildman–Crippen MR) is 77.8 cm³/mol. The van der Waals surface area contributed by atoms with Crippen LogP contribution in [0.4, 0.5) is 0 Å². The molecule has 1 aliphatic heterocycles. The van der Waals surface area contributed by atoms with Crippen LogP contribution in [0.15, 0.2) is 0 Å². The molecule has 0 aliphatic carbocycles. The van der Waals surface area contributed by atoms with E-state index in [1.54, 1.807) is 0 Å². The van der Waals surface area contributed by atoms with E-state index in [0.29, 0.717) is 5.92 Å². The van der Waals surface area contributed by atoms with E-state index >= 15 is 0 Å². The lowest BCUT2D eigenvalue weighted by atomic mass is 9.98. The zero-order chi connectivity index (χ0) is 14.3. The average Bonchev–Trinajstić information content (AvgIpc) is 2.38. The predicted octanol–water partition coefficient (Wildman–Crippen LogP) is 2.02. The molecule has 0 aromatic rings. The Kier molecular flexibility index (Phi) is 7.39. The van der Waals surface area contributed by atoms with Gasteiger partial charge in [0.2, 0.25) is 5.91 Å². The van der Waals surface area contributed by atoms with E-state index in [-0.39, 0.29) is 17.9 Å². The second-order valence-corrected chi connectivity index (χ2v) is 6.11. The van der Waals surface area contributed by atoms with Crippen molar-refractivity contribution in [2.75, 3.05) is 26.8 Å². The van der Waals surface area contributed by atoms with Gasteiger partial charge in [-0.1, -0.05) is 13.3 Å². The minimum atomic E-state index is 0.105. The molecule has 0 radical (unpaired) electrons. The second kappa shape index (κ2) is 8.54. The van der Waals surface area contributed by atoms with E-state index < -0.39 is 0 Å². The average molecular weight is 270 g/mol. The van der Waals surface area contributed by atoms with Crippen LogP contribution in [0.2, 0.25) is 0 Å². The quantitative estimate of drug-likeness (QED) is 0.770. The lowest BCUT2D eigenvalue weighted by Gasteiger charge is -2.28. The Morgan fingerprint density at radius 3 is 2.74 bits per heavy atom. The van der Waals surface area contributed by atoms with Gasteiger partial charge in [0.25, 0.3) is 0 Å². The number of ether oxygens (including phenoxy) is 1. The summed E-state index contributed by atoms with van der Waals surface area (Å²) in [5.74, 6) is 0.877. The maximum Gasteiger partial charge on any atom is 0.225 e. The van der Waals surface area contributed by atoms with Gasteiger partial charge in [-0.3, -0.25) is 4.79 Å². The Morgan fingerprint density at radius 2 is 2.16 bits per heavy atom. The number of hydrogen-bond acceptors (Lipinski definition) is 3. The summed E-state index contributed by atoms with van der Waals surface area (Å²) in [6.07, 6.45) is 5.27. The number of nitrogens with zero attached hydrogens (tertiary/aromatic N) is 1. The van der Waals surface area contributed by atoms with Crippen molar-refractivity contribution in [2.45, 2.75) is 52.0 Å². The fourth-order valence-electron chi connectivity index (χ4n) is 2.67. The molecule has 1 heterocycles. The SMILES string of the molecule is CC(N)CCCC(C)C(=O)N(C)CC1CCCOC1. The van der Waals surface area contributed by atoms with Crippen molar-refractivity contribution in [2.24, 2.45) is 17.6 Å².